The lowest BCUT2D eigenvalue weighted by Gasteiger charge is -2.25. The van der Waals surface area contributed by atoms with Gasteiger partial charge >= 0.3 is 12.4 Å². The molecular weight excluding hydrogens is 486 g/mol. The number of amides is 2. The topological polar surface area (TPSA) is 63.4 Å². The lowest BCUT2D eigenvalue weighted by Crippen LogP contribution is -2.33. The van der Waals surface area contributed by atoms with Crippen LogP contribution in [-0.4, -0.2) is 11.8 Å². The van der Waals surface area contributed by atoms with Crippen LogP contribution >= 0.6 is 0 Å². The number of anilines is 2. The monoisotopic (exact) mass is 506 g/mol. The lowest BCUT2D eigenvalue weighted by atomic mass is 10.0. The number of halogens is 6. The molecule has 10 heteroatoms. The van der Waals surface area contributed by atoms with Gasteiger partial charge in [-0.2, -0.15) is 26.3 Å². The van der Waals surface area contributed by atoms with Gasteiger partial charge in [0.05, 0.1) is 11.1 Å². The van der Waals surface area contributed by atoms with Crippen LogP contribution in [0.5, 0.6) is 0 Å². The van der Waals surface area contributed by atoms with Crippen molar-refractivity contribution in [3.05, 3.63) is 100 Å². The molecule has 0 aromatic heterocycles. The van der Waals surface area contributed by atoms with Gasteiger partial charge in [0.15, 0.2) is 0 Å². The Morgan fingerprint density at radius 3 is 1.69 bits per heavy atom. The van der Waals surface area contributed by atoms with Gasteiger partial charge < -0.3 is 5.73 Å². The molecule has 0 aliphatic heterocycles. The first-order chi connectivity index (χ1) is 16.7. The van der Waals surface area contributed by atoms with E-state index in [1.54, 1.807) is 25.1 Å². The molecule has 3 rings (SSSR count). The SMILES string of the molecule is Cc1ccc(C=C(C(N)=O)C(=O)N(c2cccc(C(F)(F)F)c2)c2cccc(C(F)(F)F)c2)c(C)c1. The number of rotatable bonds is 5. The second-order valence-electron chi connectivity index (χ2n) is 8.02. The van der Waals surface area contributed by atoms with Crippen LogP contribution in [0.15, 0.2) is 72.3 Å². The number of hydrogen-bond acceptors (Lipinski definition) is 2. The Morgan fingerprint density at radius 2 is 1.28 bits per heavy atom. The van der Waals surface area contributed by atoms with E-state index in [4.69, 9.17) is 5.73 Å². The molecule has 0 heterocycles. The molecule has 36 heavy (non-hydrogen) atoms. The van der Waals surface area contributed by atoms with Crippen LogP contribution in [0.3, 0.4) is 0 Å². The third-order valence-electron chi connectivity index (χ3n) is 5.29. The first kappa shape index (κ1) is 26.5. The summed E-state index contributed by atoms with van der Waals surface area (Å²) >= 11 is 0. The number of nitrogens with two attached hydrogens (primary N) is 1. The van der Waals surface area contributed by atoms with Crippen molar-refractivity contribution in [2.45, 2.75) is 26.2 Å². The molecule has 0 saturated carbocycles. The fourth-order valence-corrected chi connectivity index (χ4v) is 3.53. The van der Waals surface area contributed by atoms with E-state index in [-0.39, 0.29) is 0 Å². The minimum atomic E-state index is -4.79. The van der Waals surface area contributed by atoms with Crippen molar-refractivity contribution in [1.82, 2.24) is 0 Å². The van der Waals surface area contributed by atoms with E-state index in [1.165, 1.54) is 0 Å². The highest BCUT2D eigenvalue weighted by Gasteiger charge is 2.34. The second kappa shape index (κ2) is 9.88. The first-order valence-corrected chi connectivity index (χ1v) is 10.5. The number of nitrogens with zero attached hydrogens (tertiary/aromatic N) is 1. The van der Waals surface area contributed by atoms with Crippen LogP contribution in [-0.2, 0) is 21.9 Å². The standard InChI is InChI=1S/C26H20F6N2O2/c1-15-9-10-17(16(2)11-15)12-22(23(33)35)24(36)34(20-7-3-5-18(13-20)25(27,28)29)21-8-4-6-19(14-21)26(30,31)32/h3-14H,1-2H3,(H2,33,35). The van der Waals surface area contributed by atoms with Gasteiger partial charge in [-0.25, -0.2) is 0 Å². The van der Waals surface area contributed by atoms with Crippen LogP contribution in [0.25, 0.3) is 6.08 Å². The number of hydrogen-bond donors (Lipinski definition) is 1. The maximum atomic E-state index is 13.6. The molecule has 0 aliphatic carbocycles. The van der Waals surface area contributed by atoms with Crippen molar-refractivity contribution in [1.29, 1.82) is 0 Å². The highest BCUT2D eigenvalue weighted by atomic mass is 19.4. The molecule has 0 unspecified atom stereocenters. The van der Waals surface area contributed by atoms with E-state index in [1.807, 2.05) is 6.92 Å². The minimum absolute atomic E-state index is 0.401. The summed E-state index contributed by atoms with van der Waals surface area (Å²) in [5.41, 5.74) is 3.74. The molecule has 0 radical (unpaired) electrons. The van der Waals surface area contributed by atoms with Crippen LogP contribution < -0.4 is 10.6 Å². The summed E-state index contributed by atoms with van der Waals surface area (Å²) in [6, 6.07) is 12.0. The summed E-state index contributed by atoms with van der Waals surface area (Å²) in [5, 5.41) is 0. The number of benzene rings is 3. The number of aryl methyl sites for hydroxylation is 2. The summed E-state index contributed by atoms with van der Waals surface area (Å²) < 4.78 is 80.2. The second-order valence-corrected chi connectivity index (χ2v) is 8.02. The molecule has 0 saturated heterocycles. The zero-order chi connectivity index (χ0) is 26.8. The van der Waals surface area contributed by atoms with Gasteiger partial charge in [-0.3, -0.25) is 14.5 Å². The molecule has 3 aromatic carbocycles. The van der Waals surface area contributed by atoms with Gasteiger partial charge in [0.2, 0.25) is 0 Å². The Balaban J connectivity index is 2.25. The minimum Gasteiger partial charge on any atom is -0.365 e. The Labute approximate surface area is 202 Å². The normalized spacial score (nSPS) is 12.4. The first-order valence-electron chi connectivity index (χ1n) is 10.5. The zero-order valence-electron chi connectivity index (χ0n) is 19.0. The Morgan fingerprint density at radius 1 is 0.778 bits per heavy atom. The van der Waals surface area contributed by atoms with E-state index in [0.717, 1.165) is 48.0 Å². The summed E-state index contributed by atoms with van der Waals surface area (Å²) in [6.45, 7) is 3.53. The number of alkyl halides is 6. The van der Waals surface area contributed by atoms with Crippen molar-refractivity contribution in [3.63, 3.8) is 0 Å². The maximum absolute atomic E-state index is 13.6. The summed E-state index contributed by atoms with van der Waals surface area (Å²) in [4.78, 5) is 26.5. The number of carbonyl (C=O) groups is 2. The van der Waals surface area contributed by atoms with Crippen LogP contribution in [0.1, 0.15) is 27.8 Å². The van der Waals surface area contributed by atoms with Gasteiger partial charge in [-0.15, -0.1) is 0 Å². The molecule has 0 bridgehead atoms. The zero-order valence-corrected chi connectivity index (χ0v) is 19.0. The van der Waals surface area contributed by atoms with E-state index >= 15 is 0 Å². The molecule has 0 fully saturated rings. The third kappa shape index (κ3) is 5.94. The fraction of sp³-hybridized carbons (Fsp3) is 0.154. The van der Waals surface area contributed by atoms with Crippen molar-refractivity contribution in [2.75, 3.05) is 4.90 Å². The van der Waals surface area contributed by atoms with Crippen molar-refractivity contribution >= 4 is 29.3 Å². The molecule has 3 aromatic rings. The molecule has 0 spiro atoms. The molecule has 0 aliphatic rings. The molecule has 2 amide bonds. The van der Waals surface area contributed by atoms with Crippen molar-refractivity contribution in [2.24, 2.45) is 5.73 Å². The lowest BCUT2D eigenvalue weighted by molar-refractivity contribution is -0.138. The molecule has 2 N–H and O–H groups in total. The summed E-state index contributed by atoms with van der Waals surface area (Å²) in [6.07, 6.45) is -8.42. The van der Waals surface area contributed by atoms with E-state index in [9.17, 15) is 35.9 Å². The van der Waals surface area contributed by atoms with Crippen LogP contribution in [0.4, 0.5) is 37.7 Å². The summed E-state index contributed by atoms with van der Waals surface area (Å²) in [5.74, 6) is -2.40. The van der Waals surface area contributed by atoms with Crippen molar-refractivity contribution in [3.8, 4) is 0 Å². The molecule has 0 atom stereocenters. The fourth-order valence-electron chi connectivity index (χ4n) is 3.53. The molecule has 4 nitrogen and oxygen atoms in total. The number of carbonyl (C=O) groups excluding carboxylic acids is 2. The smallest absolute Gasteiger partial charge is 0.365 e. The Bertz CT molecular complexity index is 1290. The molecule has 188 valence electrons. The van der Waals surface area contributed by atoms with Gasteiger partial charge in [0.1, 0.15) is 5.57 Å². The third-order valence-corrected chi connectivity index (χ3v) is 5.29. The highest BCUT2D eigenvalue weighted by molar-refractivity contribution is 6.27. The average molecular weight is 506 g/mol. The van der Waals surface area contributed by atoms with Crippen LogP contribution in [0, 0.1) is 13.8 Å². The van der Waals surface area contributed by atoms with Gasteiger partial charge in [0, 0.05) is 11.4 Å². The van der Waals surface area contributed by atoms with Gasteiger partial charge in [0.25, 0.3) is 11.8 Å². The average Bonchev–Trinajstić information content (AvgIpc) is 2.78. The largest absolute Gasteiger partial charge is 0.416 e. The Kier molecular flexibility index (Phi) is 7.28. The molecular formula is C26H20F6N2O2. The maximum Gasteiger partial charge on any atom is 0.416 e. The quantitative estimate of drug-likeness (QED) is 0.184. The van der Waals surface area contributed by atoms with E-state index < -0.39 is 52.2 Å². The predicted octanol–water partition coefficient (Wildman–Crippen LogP) is 6.57. The van der Waals surface area contributed by atoms with Crippen molar-refractivity contribution < 1.29 is 35.9 Å². The van der Waals surface area contributed by atoms with Crippen LogP contribution in [0.2, 0.25) is 0 Å². The van der Waals surface area contributed by atoms with E-state index in [2.05, 4.69) is 0 Å². The number of primary amides is 1. The van der Waals surface area contributed by atoms with E-state index in [0.29, 0.717) is 28.2 Å². The summed E-state index contributed by atoms with van der Waals surface area (Å²) in [7, 11) is 0. The van der Waals surface area contributed by atoms with Gasteiger partial charge in [-0.05, 0) is 67.4 Å². The highest BCUT2D eigenvalue weighted by Crippen LogP contribution is 2.37. The predicted molar refractivity (Wildman–Crippen MR) is 123 cm³/mol. The Hall–Kier alpha value is -4.08. The van der Waals surface area contributed by atoms with Gasteiger partial charge in [-0.1, -0.05) is 35.9 Å².